The number of nitrogens with zero attached hydrogens (tertiary/aromatic N) is 1. The Morgan fingerprint density at radius 1 is 1.19 bits per heavy atom. The highest BCUT2D eigenvalue weighted by Gasteiger charge is 2.02. The second kappa shape index (κ2) is 8.79. The molecule has 0 bridgehead atoms. The van der Waals surface area contributed by atoms with Gasteiger partial charge in [-0.1, -0.05) is 6.07 Å². The Morgan fingerprint density at radius 3 is 2.90 bits per heavy atom. The summed E-state index contributed by atoms with van der Waals surface area (Å²) in [4.78, 5) is 0. The highest BCUT2D eigenvalue weighted by atomic mass is 16.5. The predicted octanol–water partition coefficient (Wildman–Crippen LogP) is 1.39. The fourth-order valence-corrected chi connectivity index (χ4v) is 2.29. The van der Waals surface area contributed by atoms with E-state index in [4.69, 9.17) is 14.6 Å². The normalized spacial score (nSPS) is 11.3. The van der Waals surface area contributed by atoms with Gasteiger partial charge in [0.1, 0.15) is 0 Å². The molecule has 5 heteroatoms. The monoisotopic (exact) mass is 292 g/mol. The Kier molecular flexibility index (Phi) is 6.69. The number of aliphatic hydroxyl groups is 1. The molecule has 0 amide bonds. The molecule has 0 radical (unpaired) electrons. The number of aliphatic hydroxyl groups excluding tert-OH is 1. The SMILES string of the molecule is COCCNCc1ccc2c(ccn2CCOCCO)c1. The highest BCUT2D eigenvalue weighted by Crippen LogP contribution is 2.17. The molecule has 5 nitrogen and oxygen atoms in total. The lowest BCUT2D eigenvalue weighted by Crippen LogP contribution is -2.18. The summed E-state index contributed by atoms with van der Waals surface area (Å²) in [6.45, 7) is 4.33. The molecule has 0 spiro atoms. The summed E-state index contributed by atoms with van der Waals surface area (Å²) in [5, 5.41) is 13.3. The quantitative estimate of drug-likeness (QED) is 0.650. The van der Waals surface area contributed by atoms with Gasteiger partial charge in [-0.3, -0.25) is 0 Å². The third-order valence-electron chi connectivity index (χ3n) is 3.36. The number of hydrogen-bond acceptors (Lipinski definition) is 4. The van der Waals surface area contributed by atoms with Gasteiger partial charge in [-0.2, -0.15) is 0 Å². The van der Waals surface area contributed by atoms with Crippen LogP contribution in [0.2, 0.25) is 0 Å². The lowest BCUT2D eigenvalue weighted by Gasteiger charge is -2.07. The number of methoxy groups -OCH3 is 1. The van der Waals surface area contributed by atoms with E-state index in [9.17, 15) is 0 Å². The number of fused-ring (bicyclic) bond motifs is 1. The van der Waals surface area contributed by atoms with Gasteiger partial charge in [0.05, 0.1) is 26.4 Å². The van der Waals surface area contributed by atoms with Gasteiger partial charge in [0.15, 0.2) is 0 Å². The fraction of sp³-hybridized carbons (Fsp3) is 0.500. The van der Waals surface area contributed by atoms with Crippen molar-refractivity contribution in [3.63, 3.8) is 0 Å². The van der Waals surface area contributed by atoms with Crippen molar-refractivity contribution < 1.29 is 14.6 Å². The van der Waals surface area contributed by atoms with Gasteiger partial charge < -0.3 is 24.5 Å². The Balaban J connectivity index is 1.91. The molecule has 1 aromatic carbocycles. The number of nitrogens with one attached hydrogen (secondary N) is 1. The van der Waals surface area contributed by atoms with Crippen LogP contribution >= 0.6 is 0 Å². The Hall–Kier alpha value is -1.40. The van der Waals surface area contributed by atoms with Crippen molar-refractivity contribution in [1.82, 2.24) is 9.88 Å². The molecule has 0 saturated carbocycles. The second-order valence-corrected chi connectivity index (χ2v) is 4.91. The summed E-state index contributed by atoms with van der Waals surface area (Å²) in [7, 11) is 1.71. The molecule has 0 unspecified atom stereocenters. The summed E-state index contributed by atoms with van der Waals surface area (Å²) >= 11 is 0. The summed E-state index contributed by atoms with van der Waals surface area (Å²) < 4.78 is 12.5. The summed E-state index contributed by atoms with van der Waals surface area (Å²) in [5.74, 6) is 0. The van der Waals surface area contributed by atoms with Crippen LogP contribution in [0.1, 0.15) is 5.56 Å². The van der Waals surface area contributed by atoms with Crippen molar-refractivity contribution in [1.29, 1.82) is 0 Å². The first-order valence-corrected chi connectivity index (χ1v) is 7.31. The molecule has 2 N–H and O–H groups in total. The van der Waals surface area contributed by atoms with E-state index < -0.39 is 0 Å². The largest absolute Gasteiger partial charge is 0.394 e. The highest BCUT2D eigenvalue weighted by molar-refractivity contribution is 5.80. The Morgan fingerprint density at radius 2 is 2.10 bits per heavy atom. The second-order valence-electron chi connectivity index (χ2n) is 4.91. The maximum Gasteiger partial charge on any atom is 0.0698 e. The van der Waals surface area contributed by atoms with Crippen LogP contribution in [0.4, 0.5) is 0 Å². The van der Waals surface area contributed by atoms with Gasteiger partial charge in [0, 0.05) is 38.5 Å². The predicted molar refractivity (Wildman–Crippen MR) is 83.4 cm³/mol. The van der Waals surface area contributed by atoms with E-state index in [1.807, 2.05) is 0 Å². The van der Waals surface area contributed by atoms with E-state index in [0.717, 1.165) is 26.2 Å². The summed E-state index contributed by atoms with van der Waals surface area (Å²) in [5.41, 5.74) is 2.48. The lowest BCUT2D eigenvalue weighted by molar-refractivity contribution is 0.0875. The van der Waals surface area contributed by atoms with E-state index in [1.165, 1.54) is 16.5 Å². The zero-order valence-corrected chi connectivity index (χ0v) is 12.5. The first-order valence-electron chi connectivity index (χ1n) is 7.31. The summed E-state index contributed by atoms with van der Waals surface area (Å²) in [6, 6.07) is 8.63. The van der Waals surface area contributed by atoms with Crippen LogP contribution in [0, 0.1) is 0 Å². The topological polar surface area (TPSA) is 55.7 Å². The first kappa shape index (κ1) is 16.0. The minimum Gasteiger partial charge on any atom is -0.394 e. The van der Waals surface area contributed by atoms with Crippen molar-refractivity contribution in [2.24, 2.45) is 0 Å². The molecule has 0 fully saturated rings. The van der Waals surface area contributed by atoms with Crippen LogP contribution in [0.15, 0.2) is 30.5 Å². The van der Waals surface area contributed by atoms with Gasteiger partial charge in [-0.25, -0.2) is 0 Å². The molecule has 0 aliphatic rings. The average Bonchev–Trinajstić information content (AvgIpc) is 2.91. The zero-order valence-electron chi connectivity index (χ0n) is 12.5. The van der Waals surface area contributed by atoms with Crippen molar-refractivity contribution in [3.8, 4) is 0 Å². The van der Waals surface area contributed by atoms with Gasteiger partial charge in [0.25, 0.3) is 0 Å². The molecule has 21 heavy (non-hydrogen) atoms. The maximum absolute atomic E-state index is 8.68. The van der Waals surface area contributed by atoms with Crippen LogP contribution in [0.5, 0.6) is 0 Å². The Labute approximate surface area is 125 Å². The van der Waals surface area contributed by atoms with Crippen LogP contribution < -0.4 is 5.32 Å². The lowest BCUT2D eigenvalue weighted by atomic mass is 10.1. The molecule has 0 aliphatic carbocycles. The molecule has 0 atom stereocenters. The third-order valence-corrected chi connectivity index (χ3v) is 3.36. The van der Waals surface area contributed by atoms with Crippen molar-refractivity contribution in [2.75, 3.05) is 40.1 Å². The number of hydrogen-bond donors (Lipinski definition) is 2. The molecule has 116 valence electrons. The molecule has 1 aromatic heterocycles. The van der Waals surface area contributed by atoms with Gasteiger partial charge in [-0.05, 0) is 29.1 Å². The van der Waals surface area contributed by atoms with E-state index in [1.54, 1.807) is 7.11 Å². The smallest absolute Gasteiger partial charge is 0.0698 e. The number of rotatable bonds is 10. The maximum atomic E-state index is 8.68. The third kappa shape index (κ3) is 4.82. The molecule has 2 aromatic rings. The average molecular weight is 292 g/mol. The van der Waals surface area contributed by atoms with Crippen LogP contribution in [0.3, 0.4) is 0 Å². The molecule has 0 saturated heterocycles. The van der Waals surface area contributed by atoms with Gasteiger partial charge in [0.2, 0.25) is 0 Å². The molecule has 0 aliphatic heterocycles. The van der Waals surface area contributed by atoms with E-state index in [2.05, 4.69) is 40.3 Å². The van der Waals surface area contributed by atoms with Crippen LogP contribution in [-0.2, 0) is 22.6 Å². The standard InChI is InChI=1S/C16H24N2O3/c1-20-9-5-17-13-14-2-3-16-15(12-14)4-6-18(16)7-10-21-11-8-19/h2-4,6,12,17,19H,5,7-11,13H2,1H3. The number of benzene rings is 1. The van der Waals surface area contributed by atoms with Crippen molar-refractivity contribution in [3.05, 3.63) is 36.0 Å². The number of aromatic nitrogens is 1. The first-order chi connectivity index (χ1) is 10.3. The van der Waals surface area contributed by atoms with Gasteiger partial charge >= 0.3 is 0 Å². The van der Waals surface area contributed by atoms with Gasteiger partial charge in [-0.15, -0.1) is 0 Å². The van der Waals surface area contributed by atoms with Crippen LogP contribution in [0.25, 0.3) is 10.9 Å². The zero-order chi connectivity index (χ0) is 14.9. The van der Waals surface area contributed by atoms with Crippen molar-refractivity contribution in [2.45, 2.75) is 13.1 Å². The van der Waals surface area contributed by atoms with Crippen LogP contribution in [-0.4, -0.2) is 49.8 Å². The molecular formula is C16H24N2O3. The van der Waals surface area contributed by atoms with Crippen molar-refractivity contribution >= 4 is 10.9 Å². The minimum absolute atomic E-state index is 0.0753. The fourth-order valence-electron chi connectivity index (χ4n) is 2.29. The number of ether oxygens (including phenoxy) is 2. The molecule has 1 heterocycles. The molecule has 2 rings (SSSR count). The summed E-state index contributed by atoms with van der Waals surface area (Å²) in [6.07, 6.45) is 2.08. The van der Waals surface area contributed by atoms with E-state index >= 15 is 0 Å². The van der Waals surface area contributed by atoms with E-state index in [-0.39, 0.29) is 6.61 Å². The minimum atomic E-state index is 0.0753. The van der Waals surface area contributed by atoms with E-state index in [0.29, 0.717) is 13.2 Å². The Bertz CT molecular complexity index is 539. The molecular weight excluding hydrogens is 268 g/mol.